The zero-order valence-electron chi connectivity index (χ0n) is 9.24. The number of aliphatic hydroxyl groups excluding tert-OH is 1. The lowest BCUT2D eigenvalue weighted by Gasteiger charge is -2.18. The Morgan fingerprint density at radius 3 is 2.47 bits per heavy atom. The van der Waals surface area contributed by atoms with Crippen LogP contribution in [0.15, 0.2) is 24.3 Å². The Morgan fingerprint density at radius 2 is 1.93 bits per heavy atom. The topological polar surface area (TPSA) is 32.3 Å². The van der Waals surface area contributed by atoms with Crippen LogP contribution in [-0.2, 0) is 12.8 Å². The van der Waals surface area contributed by atoms with Gasteiger partial charge in [-0.2, -0.15) is 0 Å². The first kappa shape index (κ1) is 10.7. The third kappa shape index (κ3) is 2.58. The Hall–Kier alpha value is -0.860. The molecule has 0 saturated carbocycles. The fourth-order valence-electron chi connectivity index (χ4n) is 2.36. The predicted molar refractivity (Wildman–Crippen MR) is 61.9 cm³/mol. The van der Waals surface area contributed by atoms with Crippen molar-refractivity contribution in [2.45, 2.75) is 38.3 Å². The number of benzene rings is 1. The molecule has 2 nitrogen and oxygen atoms in total. The van der Waals surface area contributed by atoms with E-state index in [2.05, 4.69) is 36.5 Å². The lowest BCUT2D eigenvalue weighted by Crippen LogP contribution is -2.37. The van der Waals surface area contributed by atoms with Gasteiger partial charge in [-0.1, -0.05) is 24.3 Å². The van der Waals surface area contributed by atoms with Gasteiger partial charge in [-0.05, 0) is 37.3 Å². The molecule has 1 atom stereocenters. The van der Waals surface area contributed by atoms with Gasteiger partial charge in [0.15, 0.2) is 0 Å². The fraction of sp³-hybridized carbons (Fsp3) is 0.538. The number of hydrogen-bond acceptors (Lipinski definition) is 2. The molecule has 2 N–H and O–H groups in total. The van der Waals surface area contributed by atoms with Crippen LogP contribution >= 0.6 is 0 Å². The summed E-state index contributed by atoms with van der Waals surface area (Å²) in [4.78, 5) is 0. The quantitative estimate of drug-likeness (QED) is 0.781. The highest BCUT2D eigenvalue weighted by atomic mass is 16.3. The van der Waals surface area contributed by atoms with Crippen LogP contribution in [0.2, 0.25) is 0 Å². The summed E-state index contributed by atoms with van der Waals surface area (Å²) < 4.78 is 0. The molecular formula is C13H19NO. The number of hydrogen-bond donors (Lipinski definition) is 2. The van der Waals surface area contributed by atoms with E-state index < -0.39 is 0 Å². The van der Waals surface area contributed by atoms with Crippen LogP contribution in [0.25, 0.3) is 0 Å². The van der Waals surface area contributed by atoms with E-state index in [1.54, 1.807) is 0 Å². The summed E-state index contributed by atoms with van der Waals surface area (Å²) in [6.45, 7) is 2.41. The highest BCUT2D eigenvalue weighted by molar-refractivity contribution is 5.33. The number of fused-ring (bicyclic) bond motifs is 1. The maximum absolute atomic E-state index is 8.84. The van der Waals surface area contributed by atoms with Crippen LogP contribution < -0.4 is 5.32 Å². The molecule has 1 aliphatic rings. The highest BCUT2D eigenvalue weighted by Gasteiger charge is 2.21. The van der Waals surface area contributed by atoms with Crippen LogP contribution in [0.3, 0.4) is 0 Å². The molecule has 0 heterocycles. The number of rotatable bonds is 4. The molecule has 1 aromatic carbocycles. The summed E-state index contributed by atoms with van der Waals surface area (Å²) in [7, 11) is 0. The molecule has 0 saturated heterocycles. The van der Waals surface area contributed by atoms with Crippen LogP contribution in [0, 0.1) is 0 Å². The van der Waals surface area contributed by atoms with Gasteiger partial charge in [-0.3, -0.25) is 0 Å². The molecule has 0 amide bonds. The third-order valence-electron chi connectivity index (χ3n) is 3.13. The van der Waals surface area contributed by atoms with Gasteiger partial charge in [0.25, 0.3) is 0 Å². The van der Waals surface area contributed by atoms with Gasteiger partial charge in [-0.25, -0.2) is 0 Å². The van der Waals surface area contributed by atoms with Crippen molar-refractivity contribution in [2.24, 2.45) is 0 Å². The van der Waals surface area contributed by atoms with E-state index in [9.17, 15) is 0 Å². The largest absolute Gasteiger partial charge is 0.396 e. The van der Waals surface area contributed by atoms with Crippen molar-refractivity contribution >= 4 is 0 Å². The molecule has 2 heteroatoms. The summed E-state index contributed by atoms with van der Waals surface area (Å²) in [5, 5.41) is 12.4. The first-order valence-corrected chi connectivity index (χ1v) is 5.73. The average Bonchev–Trinajstić information content (AvgIpc) is 2.59. The van der Waals surface area contributed by atoms with Crippen LogP contribution in [0.4, 0.5) is 0 Å². The molecule has 15 heavy (non-hydrogen) atoms. The Labute approximate surface area is 91.3 Å². The minimum atomic E-state index is 0.272. The van der Waals surface area contributed by atoms with Crippen molar-refractivity contribution < 1.29 is 5.11 Å². The maximum atomic E-state index is 8.84. The zero-order valence-corrected chi connectivity index (χ0v) is 9.24. The molecule has 0 unspecified atom stereocenters. The van der Waals surface area contributed by atoms with Gasteiger partial charge in [0.2, 0.25) is 0 Å². The van der Waals surface area contributed by atoms with Crippen molar-refractivity contribution in [3.63, 3.8) is 0 Å². The SMILES string of the molecule is C[C@H](CCO)NC1Cc2ccccc2C1. The molecule has 0 aromatic heterocycles. The standard InChI is InChI=1S/C13H19NO/c1-10(6-7-15)14-13-8-11-4-2-3-5-12(11)9-13/h2-5,10,13-15H,6-9H2,1H3/t10-/m1/s1. The van der Waals surface area contributed by atoms with Crippen LogP contribution in [0.1, 0.15) is 24.5 Å². The van der Waals surface area contributed by atoms with Gasteiger partial charge in [0, 0.05) is 18.7 Å². The molecule has 0 spiro atoms. The number of nitrogens with one attached hydrogen (secondary N) is 1. The van der Waals surface area contributed by atoms with E-state index in [4.69, 9.17) is 5.11 Å². The van der Waals surface area contributed by atoms with Crippen molar-refractivity contribution in [1.29, 1.82) is 0 Å². The second-order valence-corrected chi connectivity index (χ2v) is 4.45. The molecule has 0 aliphatic heterocycles. The first-order valence-electron chi connectivity index (χ1n) is 5.73. The summed E-state index contributed by atoms with van der Waals surface area (Å²) in [6.07, 6.45) is 3.10. The van der Waals surface area contributed by atoms with Gasteiger partial charge >= 0.3 is 0 Å². The van der Waals surface area contributed by atoms with E-state index in [-0.39, 0.29) is 6.61 Å². The fourth-order valence-corrected chi connectivity index (χ4v) is 2.36. The zero-order chi connectivity index (χ0) is 10.7. The van der Waals surface area contributed by atoms with Crippen molar-refractivity contribution in [3.05, 3.63) is 35.4 Å². The summed E-state index contributed by atoms with van der Waals surface area (Å²) in [5.41, 5.74) is 2.96. The smallest absolute Gasteiger partial charge is 0.0445 e. The lowest BCUT2D eigenvalue weighted by atomic mass is 10.1. The molecule has 1 aliphatic carbocycles. The molecule has 1 aromatic rings. The Bertz CT molecular complexity index is 299. The van der Waals surface area contributed by atoms with Crippen LogP contribution in [0.5, 0.6) is 0 Å². The van der Waals surface area contributed by atoms with E-state index in [0.717, 1.165) is 19.3 Å². The van der Waals surface area contributed by atoms with Crippen LogP contribution in [-0.4, -0.2) is 23.8 Å². The van der Waals surface area contributed by atoms with Crippen molar-refractivity contribution in [3.8, 4) is 0 Å². The molecule has 82 valence electrons. The molecular weight excluding hydrogens is 186 g/mol. The molecule has 0 bridgehead atoms. The second-order valence-electron chi connectivity index (χ2n) is 4.45. The second kappa shape index (κ2) is 4.77. The van der Waals surface area contributed by atoms with E-state index in [1.165, 1.54) is 11.1 Å². The van der Waals surface area contributed by atoms with E-state index >= 15 is 0 Å². The lowest BCUT2D eigenvalue weighted by molar-refractivity contribution is 0.263. The molecule has 2 rings (SSSR count). The Balaban J connectivity index is 1.90. The normalized spacial score (nSPS) is 17.7. The van der Waals surface area contributed by atoms with E-state index in [1.807, 2.05) is 0 Å². The summed E-state index contributed by atoms with van der Waals surface area (Å²) in [5.74, 6) is 0. The van der Waals surface area contributed by atoms with E-state index in [0.29, 0.717) is 12.1 Å². The average molecular weight is 205 g/mol. The van der Waals surface area contributed by atoms with Gasteiger partial charge < -0.3 is 10.4 Å². The Kier molecular flexibility index (Phi) is 3.39. The van der Waals surface area contributed by atoms with Crippen molar-refractivity contribution in [2.75, 3.05) is 6.61 Å². The number of aliphatic hydroxyl groups is 1. The highest BCUT2D eigenvalue weighted by Crippen LogP contribution is 2.21. The van der Waals surface area contributed by atoms with Crippen molar-refractivity contribution in [1.82, 2.24) is 5.32 Å². The van der Waals surface area contributed by atoms with Gasteiger partial charge in [0.1, 0.15) is 0 Å². The predicted octanol–water partition coefficient (Wildman–Crippen LogP) is 1.51. The summed E-state index contributed by atoms with van der Waals surface area (Å²) >= 11 is 0. The Morgan fingerprint density at radius 1 is 1.33 bits per heavy atom. The molecule has 0 fully saturated rings. The van der Waals surface area contributed by atoms with Gasteiger partial charge in [0.05, 0.1) is 0 Å². The van der Waals surface area contributed by atoms with Gasteiger partial charge in [-0.15, -0.1) is 0 Å². The first-order chi connectivity index (χ1) is 7.29. The maximum Gasteiger partial charge on any atom is 0.0445 e. The minimum absolute atomic E-state index is 0.272. The third-order valence-corrected chi connectivity index (χ3v) is 3.13. The monoisotopic (exact) mass is 205 g/mol. The summed E-state index contributed by atoms with van der Waals surface area (Å²) in [6, 6.07) is 9.62. The minimum Gasteiger partial charge on any atom is -0.396 e. The molecule has 0 radical (unpaired) electrons.